The maximum atomic E-state index is 13.0. The first kappa shape index (κ1) is 13.1. The molecule has 5 nitrogen and oxygen atoms in total. The molecule has 1 aliphatic heterocycles. The van der Waals surface area contributed by atoms with Gasteiger partial charge in [0, 0.05) is 44.1 Å². The van der Waals surface area contributed by atoms with Crippen molar-refractivity contribution < 1.29 is 4.39 Å². The third-order valence-electron chi connectivity index (χ3n) is 4.04. The summed E-state index contributed by atoms with van der Waals surface area (Å²) in [5.74, 6) is 0.785. The largest absolute Gasteiger partial charge is 0.368 e. The number of halogens is 1. The minimum absolute atomic E-state index is 0.194. The molecular weight excluding hydrogens is 281 g/mol. The molecule has 22 heavy (non-hydrogen) atoms. The average molecular weight is 297 g/mol. The lowest BCUT2D eigenvalue weighted by Gasteiger charge is -2.36. The summed E-state index contributed by atoms with van der Waals surface area (Å²) in [4.78, 5) is 9.17. The van der Waals surface area contributed by atoms with Crippen molar-refractivity contribution in [3.8, 4) is 0 Å². The Balaban J connectivity index is 1.47. The van der Waals surface area contributed by atoms with Gasteiger partial charge >= 0.3 is 0 Å². The Hall–Kier alpha value is -2.63. The van der Waals surface area contributed by atoms with Crippen molar-refractivity contribution in [1.82, 2.24) is 14.6 Å². The maximum Gasteiger partial charge on any atom is 0.157 e. The standard InChI is InChI=1S/C16H16FN5/c17-13-1-3-14(4-2-13)20-9-11-21(12-10-20)15-6-8-22-16(19-15)5-7-18-22/h1-8H,9-12H2. The highest BCUT2D eigenvalue weighted by molar-refractivity contribution is 5.51. The Morgan fingerprint density at radius 2 is 1.59 bits per heavy atom. The lowest BCUT2D eigenvalue weighted by Crippen LogP contribution is -2.46. The van der Waals surface area contributed by atoms with E-state index in [4.69, 9.17) is 0 Å². The van der Waals surface area contributed by atoms with E-state index in [1.54, 1.807) is 10.7 Å². The van der Waals surface area contributed by atoms with E-state index in [0.717, 1.165) is 43.3 Å². The second-order valence-electron chi connectivity index (χ2n) is 5.37. The summed E-state index contributed by atoms with van der Waals surface area (Å²) in [7, 11) is 0. The Kier molecular flexibility index (Phi) is 3.14. The lowest BCUT2D eigenvalue weighted by molar-refractivity contribution is 0.624. The topological polar surface area (TPSA) is 36.7 Å². The van der Waals surface area contributed by atoms with Crippen LogP contribution < -0.4 is 9.80 Å². The van der Waals surface area contributed by atoms with Crippen LogP contribution in [0.25, 0.3) is 5.65 Å². The van der Waals surface area contributed by atoms with Crippen LogP contribution in [0.15, 0.2) is 48.8 Å². The Morgan fingerprint density at radius 3 is 2.36 bits per heavy atom. The number of rotatable bonds is 2. The smallest absolute Gasteiger partial charge is 0.157 e. The van der Waals surface area contributed by atoms with Gasteiger partial charge in [-0.05, 0) is 30.3 Å². The summed E-state index contributed by atoms with van der Waals surface area (Å²) >= 11 is 0. The van der Waals surface area contributed by atoms with Crippen molar-refractivity contribution >= 4 is 17.2 Å². The summed E-state index contributed by atoms with van der Waals surface area (Å²) in [6.45, 7) is 3.60. The van der Waals surface area contributed by atoms with E-state index < -0.39 is 0 Å². The molecule has 1 fully saturated rings. The van der Waals surface area contributed by atoms with E-state index in [2.05, 4.69) is 19.9 Å². The molecule has 0 atom stereocenters. The third kappa shape index (κ3) is 2.36. The van der Waals surface area contributed by atoms with Crippen molar-refractivity contribution in [3.05, 3.63) is 54.6 Å². The summed E-state index contributed by atoms with van der Waals surface area (Å²) in [5, 5.41) is 4.16. The van der Waals surface area contributed by atoms with Gasteiger partial charge in [-0.1, -0.05) is 0 Å². The Labute approximate surface area is 127 Å². The second kappa shape index (κ2) is 5.29. The fourth-order valence-electron chi connectivity index (χ4n) is 2.82. The molecule has 6 heteroatoms. The van der Waals surface area contributed by atoms with Gasteiger partial charge in [0.25, 0.3) is 0 Å². The van der Waals surface area contributed by atoms with Crippen LogP contribution >= 0.6 is 0 Å². The molecule has 3 aromatic rings. The molecule has 1 saturated heterocycles. The Bertz CT molecular complexity index is 775. The zero-order chi connectivity index (χ0) is 14.9. The van der Waals surface area contributed by atoms with Crippen molar-refractivity contribution in [2.24, 2.45) is 0 Å². The average Bonchev–Trinajstić information content (AvgIpc) is 3.03. The van der Waals surface area contributed by atoms with Gasteiger partial charge in [-0.2, -0.15) is 5.10 Å². The van der Waals surface area contributed by atoms with E-state index in [1.807, 2.05) is 30.5 Å². The molecule has 0 N–H and O–H groups in total. The van der Waals surface area contributed by atoms with Gasteiger partial charge in [0.1, 0.15) is 11.6 Å². The summed E-state index contributed by atoms with van der Waals surface area (Å²) in [6.07, 6.45) is 3.68. The first-order chi connectivity index (χ1) is 10.8. The van der Waals surface area contributed by atoms with Gasteiger partial charge in [0.15, 0.2) is 5.65 Å². The van der Waals surface area contributed by atoms with Crippen LogP contribution in [-0.2, 0) is 0 Å². The zero-order valence-corrected chi connectivity index (χ0v) is 12.1. The van der Waals surface area contributed by atoms with Gasteiger partial charge in [0.2, 0.25) is 0 Å². The number of anilines is 2. The monoisotopic (exact) mass is 297 g/mol. The van der Waals surface area contributed by atoms with E-state index in [1.165, 1.54) is 12.1 Å². The Morgan fingerprint density at radius 1 is 0.864 bits per heavy atom. The number of nitrogens with zero attached hydrogens (tertiary/aromatic N) is 5. The van der Waals surface area contributed by atoms with Crippen molar-refractivity contribution in [2.45, 2.75) is 0 Å². The molecule has 0 saturated carbocycles. The molecule has 0 amide bonds. The maximum absolute atomic E-state index is 13.0. The first-order valence-electron chi connectivity index (χ1n) is 7.35. The molecule has 1 aliphatic rings. The van der Waals surface area contributed by atoms with E-state index >= 15 is 0 Å². The number of benzene rings is 1. The van der Waals surface area contributed by atoms with Gasteiger partial charge in [-0.3, -0.25) is 0 Å². The van der Waals surface area contributed by atoms with Gasteiger partial charge < -0.3 is 9.80 Å². The molecule has 3 heterocycles. The van der Waals surface area contributed by atoms with Crippen molar-refractivity contribution in [1.29, 1.82) is 0 Å². The van der Waals surface area contributed by atoms with Crippen molar-refractivity contribution in [2.75, 3.05) is 36.0 Å². The minimum Gasteiger partial charge on any atom is -0.368 e. The molecule has 0 spiro atoms. The van der Waals surface area contributed by atoms with Crippen LogP contribution in [0.3, 0.4) is 0 Å². The highest BCUT2D eigenvalue weighted by Crippen LogP contribution is 2.20. The van der Waals surface area contributed by atoms with Crippen LogP contribution in [0.4, 0.5) is 15.9 Å². The third-order valence-corrected chi connectivity index (χ3v) is 4.04. The minimum atomic E-state index is -0.194. The quantitative estimate of drug-likeness (QED) is 0.726. The molecule has 0 aliphatic carbocycles. The van der Waals surface area contributed by atoms with Crippen LogP contribution in [0.2, 0.25) is 0 Å². The molecule has 0 radical (unpaired) electrons. The lowest BCUT2D eigenvalue weighted by atomic mass is 10.2. The highest BCUT2D eigenvalue weighted by atomic mass is 19.1. The van der Waals surface area contributed by atoms with Crippen LogP contribution in [0.5, 0.6) is 0 Å². The highest BCUT2D eigenvalue weighted by Gasteiger charge is 2.18. The normalized spacial score (nSPS) is 15.5. The predicted octanol–water partition coefficient (Wildman–Crippen LogP) is 2.20. The SMILES string of the molecule is Fc1ccc(N2CCN(c3ccn4nccc4n3)CC2)cc1. The number of hydrogen-bond acceptors (Lipinski definition) is 4. The van der Waals surface area contributed by atoms with E-state index in [9.17, 15) is 4.39 Å². The van der Waals surface area contributed by atoms with Gasteiger partial charge in [-0.15, -0.1) is 0 Å². The van der Waals surface area contributed by atoms with E-state index in [0.29, 0.717) is 0 Å². The summed E-state index contributed by atoms with van der Waals surface area (Å²) in [6, 6.07) is 10.6. The molecule has 2 aromatic heterocycles. The number of piperazine rings is 1. The molecule has 112 valence electrons. The summed E-state index contributed by atoms with van der Waals surface area (Å²) in [5.41, 5.74) is 1.93. The number of aromatic nitrogens is 3. The zero-order valence-electron chi connectivity index (χ0n) is 12.1. The first-order valence-corrected chi connectivity index (χ1v) is 7.35. The fraction of sp³-hybridized carbons (Fsp3) is 0.250. The molecule has 1 aromatic carbocycles. The second-order valence-corrected chi connectivity index (χ2v) is 5.37. The fourth-order valence-corrected chi connectivity index (χ4v) is 2.82. The molecule has 0 bridgehead atoms. The molecule has 4 rings (SSSR count). The predicted molar refractivity (Wildman–Crippen MR) is 83.8 cm³/mol. The number of hydrogen-bond donors (Lipinski definition) is 0. The van der Waals surface area contributed by atoms with Crippen LogP contribution in [0.1, 0.15) is 0 Å². The van der Waals surface area contributed by atoms with Crippen molar-refractivity contribution in [3.63, 3.8) is 0 Å². The number of fused-ring (bicyclic) bond motifs is 1. The van der Waals surface area contributed by atoms with Crippen LogP contribution in [-0.4, -0.2) is 40.8 Å². The molecular formula is C16H16FN5. The van der Waals surface area contributed by atoms with Crippen LogP contribution in [0, 0.1) is 5.82 Å². The molecule has 0 unspecified atom stereocenters. The van der Waals surface area contributed by atoms with Gasteiger partial charge in [-0.25, -0.2) is 13.9 Å². The van der Waals surface area contributed by atoms with E-state index in [-0.39, 0.29) is 5.82 Å². The summed E-state index contributed by atoms with van der Waals surface area (Å²) < 4.78 is 14.8. The van der Waals surface area contributed by atoms with Gasteiger partial charge in [0.05, 0.1) is 6.20 Å².